The standard InChI is InChI=1S/C45H49N7O5/c1-27(2)48-57-30(5)18-31-10-9-28(3)40(19-31)51(34-7-6-8-38(29(4)17-34)45(26-46)15-16-45)23-32-21-49(22-32)35-24-50(25-35)33-11-12-36-37(20-33)44(56)52(43(36)55)39-13-14-41(53)47-42(39)54/h6-7,9-12,17-20,32,35,39H,8,13-16,21-25H2,1-5H3,(H,47,53,54)/b30-18+. The van der Waals surface area contributed by atoms with E-state index in [1.165, 1.54) is 16.7 Å². The zero-order valence-electron chi connectivity index (χ0n) is 33.3. The van der Waals surface area contributed by atoms with Crippen molar-refractivity contribution in [3.05, 3.63) is 99.5 Å². The molecule has 0 aromatic heterocycles. The van der Waals surface area contributed by atoms with Crippen LogP contribution >= 0.6 is 0 Å². The number of fused-ring (bicyclic) bond motifs is 1. The number of anilines is 2. The number of amides is 4. The van der Waals surface area contributed by atoms with Crippen LogP contribution in [0, 0.1) is 29.6 Å². The summed E-state index contributed by atoms with van der Waals surface area (Å²) in [6.45, 7) is 14.4. The van der Waals surface area contributed by atoms with Crippen molar-refractivity contribution in [2.45, 2.75) is 78.8 Å². The number of rotatable bonds is 11. The van der Waals surface area contributed by atoms with Crippen molar-refractivity contribution in [1.82, 2.24) is 15.1 Å². The number of nitrogens with one attached hydrogen (secondary N) is 1. The first kappa shape index (κ1) is 38.1. The molecule has 2 aromatic rings. The summed E-state index contributed by atoms with van der Waals surface area (Å²) in [6.07, 6.45) is 11.6. The van der Waals surface area contributed by atoms with Gasteiger partial charge in [-0.3, -0.25) is 34.3 Å². The highest BCUT2D eigenvalue weighted by molar-refractivity contribution is 6.23. The molecule has 12 heteroatoms. The van der Waals surface area contributed by atoms with Gasteiger partial charge in [-0.05, 0) is 125 Å². The minimum atomic E-state index is -0.980. The summed E-state index contributed by atoms with van der Waals surface area (Å²) < 4.78 is 0. The number of hydrogen-bond donors (Lipinski definition) is 1. The van der Waals surface area contributed by atoms with Gasteiger partial charge in [-0.25, -0.2) is 0 Å². The summed E-state index contributed by atoms with van der Waals surface area (Å²) in [7, 11) is 0. The zero-order chi connectivity index (χ0) is 40.2. The molecule has 4 amide bonds. The molecule has 1 saturated carbocycles. The van der Waals surface area contributed by atoms with Gasteiger partial charge in [-0.15, -0.1) is 0 Å². The Morgan fingerprint density at radius 3 is 2.47 bits per heavy atom. The van der Waals surface area contributed by atoms with Crippen molar-refractivity contribution < 1.29 is 24.0 Å². The Hall–Kier alpha value is -5.80. The van der Waals surface area contributed by atoms with E-state index in [4.69, 9.17) is 4.84 Å². The first-order chi connectivity index (χ1) is 27.3. The van der Waals surface area contributed by atoms with Crippen LogP contribution in [0.15, 0.2) is 82.4 Å². The molecular formula is C45H49N7O5. The smallest absolute Gasteiger partial charge is 0.262 e. The van der Waals surface area contributed by atoms with Crippen molar-refractivity contribution in [3.8, 4) is 6.07 Å². The van der Waals surface area contributed by atoms with Crippen LogP contribution in [0.25, 0.3) is 6.08 Å². The lowest BCUT2D eigenvalue weighted by Gasteiger charge is -2.53. The Morgan fingerprint density at radius 1 is 1.02 bits per heavy atom. The van der Waals surface area contributed by atoms with Gasteiger partial charge in [0.2, 0.25) is 11.8 Å². The lowest BCUT2D eigenvalue weighted by Crippen LogP contribution is -2.66. The number of oxime groups is 1. The van der Waals surface area contributed by atoms with Crippen LogP contribution in [0.3, 0.4) is 0 Å². The van der Waals surface area contributed by atoms with Crippen LogP contribution in [0.2, 0.25) is 0 Å². The molecule has 294 valence electrons. The third-order valence-corrected chi connectivity index (χ3v) is 12.2. The minimum absolute atomic E-state index is 0.0888. The summed E-state index contributed by atoms with van der Waals surface area (Å²) in [4.78, 5) is 64.6. The molecule has 12 nitrogen and oxygen atoms in total. The second-order valence-corrected chi connectivity index (χ2v) is 16.6. The third-order valence-electron chi connectivity index (χ3n) is 12.2. The van der Waals surface area contributed by atoms with E-state index in [2.05, 4.69) is 81.5 Å². The fourth-order valence-electron chi connectivity index (χ4n) is 8.77. The lowest BCUT2D eigenvalue weighted by atomic mass is 9.90. The number of carbonyl (C=O) groups is 4. The van der Waals surface area contributed by atoms with Gasteiger partial charge in [0.05, 0.1) is 28.3 Å². The van der Waals surface area contributed by atoms with Gasteiger partial charge in [0.25, 0.3) is 11.8 Å². The molecule has 0 radical (unpaired) electrons. The molecular weight excluding hydrogens is 719 g/mol. The summed E-state index contributed by atoms with van der Waals surface area (Å²) in [5, 5.41) is 16.4. The average molecular weight is 768 g/mol. The van der Waals surface area contributed by atoms with Gasteiger partial charge >= 0.3 is 0 Å². The first-order valence-electron chi connectivity index (χ1n) is 19.9. The summed E-state index contributed by atoms with van der Waals surface area (Å²) in [6, 6.07) is 13.8. The molecule has 4 aliphatic heterocycles. The summed E-state index contributed by atoms with van der Waals surface area (Å²) >= 11 is 0. The van der Waals surface area contributed by atoms with Crippen LogP contribution < -0.4 is 15.1 Å². The van der Waals surface area contributed by atoms with Gasteiger partial charge in [0, 0.05) is 68.2 Å². The van der Waals surface area contributed by atoms with E-state index in [-0.39, 0.29) is 18.3 Å². The predicted molar refractivity (Wildman–Crippen MR) is 218 cm³/mol. The largest absolute Gasteiger partial charge is 0.368 e. The topological polar surface area (TPSA) is 139 Å². The van der Waals surface area contributed by atoms with E-state index in [9.17, 15) is 24.4 Å². The van der Waals surface area contributed by atoms with Crippen molar-refractivity contribution in [2.24, 2.45) is 16.5 Å². The Bertz CT molecular complexity index is 2260. The number of piperidine rings is 1. The molecule has 2 aromatic carbocycles. The number of likely N-dealkylation sites (tertiary alicyclic amines) is 1. The average Bonchev–Trinajstić information content (AvgIpc) is 3.93. The maximum atomic E-state index is 13.4. The van der Waals surface area contributed by atoms with E-state index in [0.717, 1.165) is 85.2 Å². The molecule has 8 rings (SSSR count). The number of benzene rings is 2. The number of carbonyl (C=O) groups excluding carboxylic acids is 4. The molecule has 6 aliphatic rings. The van der Waals surface area contributed by atoms with Crippen LogP contribution in [-0.4, -0.2) is 83.9 Å². The van der Waals surface area contributed by atoms with Crippen molar-refractivity contribution >= 4 is 46.8 Å². The number of imide groups is 2. The zero-order valence-corrected chi connectivity index (χ0v) is 33.3. The van der Waals surface area contributed by atoms with Crippen molar-refractivity contribution in [3.63, 3.8) is 0 Å². The SMILES string of the molecule is CC(C)=NO/C(C)=C/c1ccc(C)c(N(CC2CN(C3CN(c4ccc5c(c4)C(=O)N(C4CCC(=O)NC4=O)C5=O)C3)C2)C2=CC(C)=C(C3(C#N)CC3)CC=C2)c1. The second-order valence-electron chi connectivity index (χ2n) is 16.6. The van der Waals surface area contributed by atoms with Gasteiger partial charge in [0.1, 0.15) is 11.8 Å². The molecule has 1 N–H and O–H groups in total. The van der Waals surface area contributed by atoms with Crippen molar-refractivity contribution in [2.75, 3.05) is 42.5 Å². The summed E-state index contributed by atoms with van der Waals surface area (Å²) in [5.41, 5.74) is 8.86. The Kier molecular flexibility index (Phi) is 9.98. The Balaban J connectivity index is 0.957. The minimum Gasteiger partial charge on any atom is -0.368 e. The Labute approximate surface area is 333 Å². The molecule has 2 aliphatic carbocycles. The maximum Gasteiger partial charge on any atom is 0.262 e. The van der Waals surface area contributed by atoms with Crippen LogP contribution in [0.5, 0.6) is 0 Å². The third kappa shape index (κ3) is 7.32. The molecule has 4 heterocycles. The highest BCUT2D eigenvalue weighted by atomic mass is 16.6. The molecule has 1 unspecified atom stereocenters. The van der Waals surface area contributed by atoms with Crippen LogP contribution in [0.4, 0.5) is 11.4 Å². The molecule has 4 fully saturated rings. The van der Waals surface area contributed by atoms with Gasteiger partial charge < -0.3 is 14.6 Å². The molecule has 3 saturated heterocycles. The first-order valence-corrected chi connectivity index (χ1v) is 19.9. The normalized spacial score (nSPS) is 22.3. The van der Waals surface area contributed by atoms with Gasteiger partial charge in [0.15, 0.2) is 0 Å². The number of hydrogen-bond acceptors (Lipinski definition) is 10. The quantitative estimate of drug-likeness (QED) is 0.122. The van der Waals surface area contributed by atoms with E-state index < -0.39 is 29.7 Å². The molecule has 57 heavy (non-hydrogen) atoms. The fraction of sp³-hybridized carbons (Fsp3) is 0.422. The van der Waals surface area contributed by atoms with Crippen molar-refractivity contribution in [1.29, 1.82) is 5.26 Å². The monoisotopic (exact) mass is 767 g/mol. The second kappa shape index (κ2) is 14.9. The molecule has 0 bridgehead atoms. The highest BCUT2D eigenvalue weighted by Gasteiger charge is 2.48. The van der Waals surface area contributed by atoms with E-state index >= 15 is 0 Å². The molecule has 0 spiro atoms. The maximum absolute atomic E-state index is 13.4. The number of aryl methyl sites for hydroxylation is 1. The van der Waals surface area contributed by atoms with Gasteiger partial charge in [-0.2, -0.15) is 5.26 Å². The lowest BCUT2D eigenvalue weighted by molar-refractivity contribution is -0.136. The van der Waals surface area contributed by atoms with Crippen LogP contribution in [-0.2, 0) is 14.4 Å². The van der Waals surface area contributed by atoms with E-state index in [1.54, 1.807) is 12.1 Å². The molecule has 1 atom stereocenters. The summed E-state index contributed by atoms with van der Waals surface area (Å²) in [5.74, 6) is -0.843. The number of nitriles is 1. The van der Waals surface area contributed by atoms with Gasteiger partial charge in [-0.1, -0.05) is 23.4 Å². The highest BCUT2D eigenvalue weighted by Crippen LogP contribution is 2.54. The number of allylic oxidation sites excluding steroid dienone is 6. The van der Waals surface area contributed by atoms with E-state index in [0.29, 0.717) is 28.8 Å². The van der Waals surface area contributed by atoms with Crippen LogP contribution in [0.1, 0.15) is 91.6 Å². The predicted octanol–water partition coefficient (Wildman–Crippen LogP) is 6.26. The number of nitrogens with zero attached hydrogens (tertiary/aromatic N) is 6. The van der Waals surface area contributed by atoms with E-state index in [1.807, 2.05) is 32.9 Å². The Morgan fingerprint density at radius 2 is 1.77 bits per heavy atom. The fourth-order valence-corrected chi connectivity index (χ4v) is 8.77.